The average molecular weight is 436 g/mol. The van der Waals surface area contributed by atoms with Gasteiger partial charge in [0.2, 0.25) is 0 Å². The van der Waals surface area contributed by atoms with Crippen molar-refractivity contribution in [1.82, 2.24) is 14.9 Å². The van der Waals surface area contributed by atoms with Crippen LogP contribution in [-0.4, -0.2) is 54.3 Å². The van der Waals surface area contributed by atoms with E-state index in [4.69, 9.17) is 19.4 Å². The minimum absolute atomic E-state index is 0.150. The van der Waals surface area contributed by atoms with Crippen molar-refractivity contribution < 1.29 is 9.47 Å². The Hall–Kier alpha value is -2.59. The molecule has 1 unspecified atom stereocenters. The van der Waals surface area contributed by atoms with Gasteiger partial charge in [-0.1, -0.05) is 0 Å². The van der Waals surface area contributed by atoms with Crippen LogP contribution in [-0.2, 0) is 12.8 Å². The number of anilines is 1. The van der Waals surface area contributed by atoms with Crippen LogP contribution in [0.15, 0.2) is 6.07 Å². The van der Waals surface area contributed by atoms with Gasteiger partial charge in [-0.2, -0.15) is 5.26 Å². The standard InChI is InChI=1S/C25H33N5O2/c1-31-25-22(32-13-5-12-30-10-2-3-11-30)15-21-24(29-25)23(19-6-4-7-20(19)28-21)27-18-9-8-17(14-18)16-26/h15,17-18H,2-14H2,1H3,(H,27,28)/t17?,18-/m1/s1. The van der Waals surface area contributed by atoms with Crippen LogP contribution in [0, 0.1) is 17.2 Å². The predicted octanol–water partition coefficient (Wildman–Crippen LogP) is 4.10. The Morgan fingerprint density at radius 2 is 2.06 bits per heavy atom. The molecule has 2 atom stereocenters. The molecule has 7 heteroatoms. The molecule has 1 saturated carbocycles. The molecule has 0 radical (unpaired) electrons. The third kappa shape index (κ3) is 4.33. The van der Waals surface area contributed by atoms with Gasteiger partial charge in [0.05, 0.1) is 31.0 Å². The molecule has 2 aromatic rings. The number of rotatable bonds is 8. The fourth-order valence-electron chi connectivity index (χ4n) is 5.46. The molecule has 3 aliphatic rings. The van der Waals surface area contributed by atoms with Crippen LogP contribution in [0.2, 0.25) is 0 Å². The number of aromatic nitrogens is 2. The SMILES string of the molecule is COc1nc2c(N[C@@H]3CCC(C#N)C3)c3c(nc2cc1OCCCN1CCCC1)CCC3. The number of likely N-dealkylation sites (tertiary alicyclic amines) is 1. The Morgan fingerprint density at radius 3 is 2.84 bits per heavy atom. The lowest BCUT2D eigenvalue weighted by Gasteiger charge is -2.20. The van der Waals surface area contributed by atoms with Crippen molar-refractivity contribution in [3.05, 3.63) is 17.3 Å². The molecule has 2 fully saturated rings. The van der Waals surface area contributed by atoms with Gasteiger partial charge in [-0.15, -0.1) is 0 Å². The van der Waals surface area contributed by atoms with Gasteiger partial charge in [-0.3, -0.25) is 4.98 Å². The first-order chi connectivity index (χ1) is 15.7. The topological polar surface area (TPSA) is 83.3 Å². The number of fused-ring (bicyclic) bond motifs is 2. The molecule has 32 heavy (non-hydrogen) atoms. The second kappa shape index (κ2) is 9.50. The Morgan fingerprint density at radius 1 is 1.19 bits per heavy atom. The molecule has 1 N–H and O–H groups in total. The molecule has 3 heterocycles. The number of nitrogens with one attached hydrogen (secondary N) is 1. The molecule has 1 aliphatic heterocycles. The van der Waals surface area contributed by atoms with E-state index in [1.807, 2.05) is 6.07 Å². The van der Waals surface area contributed by atoms with E-state index in [9.17, 15) is 5.26 Å². The van der Waals surface area contributed by atoms with Gasteiger partial charge < -0.3 is 19.7 Å². The summed E-state index contributed by atoms with van der Waals surface area (Å²) in [4.78, 5) is 12.3. The Kier molecular flexibility index (Phi) is 6.31. The fourth-order valence-corrected chi connectivity index (χ4v) is 5.46. The second-order valence-electron chi connectivity index (χ2n) is 9.36. The number of ether oxygens (including phenoxy) is 2. The van der Waals surface area contributed by atoms with Crippen molar-refractivity contribution in [2.75, 3.05) is 38.7 Å². The number of nitriles is 1. The van der Waals surface area contributed by atoms with Crippen LogP contribution in [0.4, 0.5) is 5.69 Å². The summed E-state index contributed by atoms with van der Waals surface area (Å²) in [5.74, 6) is 1.34. The zero-order valence-electron chi connectivity index (χ0n) is 19.0. The highest BCUT2D eigenvalue weighted by Crippen LogP contribution is 2.39. The third-order valence-electron chi connectivity index (χ3n) is 7.15. The van der Waals surface area contributed by atoms with Gasteiger partial charge in [0.25, 0.3) is 5.88 Å². The summed E-state index contributed by atoms with van der Waals surface area (Å²) in [6.07, 6.45) is 9.64. The van der Waals surface area contributed by atoms with Crippen LogP contribution >= 0.6 is 0 Å². The van der Waals surface area contributed by atoms with E-state index < -0.39 is 0 Å². The first-order valence-electron chi connectivity index (χ1n) is 12.2. The van der Waals surface area contributed by atoms with Gasteiger partial charge in [0, 0.05) is 30.3 Å². The Labute approximate surface area is 190 Å². The van der Waals surface area contributed by atoms with E-state index >= 15 is 0 Å². The lowest BCUT2D eigenvalue weighted by molar-refractivity contribution is 0.252. The fraction of sp³-hybridized carbons (Fsp3) is 0.640. The summed E-state index contributed by atoms with van der Waals surface area (Å²) in [7, 11) is 1.65. The van der Waals surface area contributed by atoms with Crippen LogP contribution in [0.1, 0.15) is 56.2 Å². The lowest BCUT2D eigenvalue weighted by Crippen LogP contribution is -2.22. The summed E-state index contributed by atoms with van der Waals surface area (Å²) in [6.45, 7) is 4.14. The van der Waals surface area contributed by atoms with Gasteiger partial charge >= 0.3 is 0 Å². The minimum Gasteiger partial charge on any atom is -0.488 e. The molecule has 5 rings (SSSR count). The number of hydrogen-bond donors (Lipinski definition) is 1. The summed E-state index contributed by atoms with van der Waals surface area (Å²) in [5.41, 5.74) is 5.25. The number of hydrogen-bond acceptors (Lipinski definition) is 7. The molecular formula is C25H33N5O2. The van der Waals surface area contributed by atoms with E-state index in [1.165, 1.54) is 37.2 Å². The largest absolute Gasteiger partial charge is 0.488 e. The summed E-state index contributed by atoms with van der Waals surface area (Å²) in [5, 5.41) is 13.0. The summed E-state index contributed by atoms with van der Waals surface area (Å²) >= 11 is 0. The number of methoxy groups -OCH3 is 1. The van der Waals surface area contributed by atoms with Crippen molar-refractivity contribution in [3.63, 3.8) is 0 Å². The molecule has 170 valence electrons. The highest BCUT2D eigenvalue weighted by molar-refractivity contribution is 5.92. The van der Waals surface area contributed by atoms with Crippen LogP contribution in [0.3, 0.4) is 0 Å². The first-order valence-corrected chi connectivity index (χ1v) is 12.2. The molecule has 0 amide bonds. The van der Waals surface area contributed by atoms with Crippen LogP contribution in [0.5, 0.6) is 11.6 Å². The van der Waals surface area contributed by atoms with Crippen molar-refractivity contribution >= 4 is 16.7 Å². The van der Waals surface area contributed by atoms with Gasteiger partial charge in [0.15, 0.2) is 5.75 Å². The molecule has 7 nitrogen and oxygen atoms in total. The second-order valence-corrected chi connectivity index (χ2v) is 9.36. The quantitative estimate of drug-likeness (QED) is 0.625. The maximum atomic E-state index is 9.29. The predicted molar refractivity (Wildman–Crippen MR) is 124 cm³/mol. The van der Waals surface area contributed by atoms with E-state index in [0.717, 1.165) is 68.2 Å². The highest BCUT2D eigenvalue weighted by atomic mass is 16.5. The van der Waals surface area contributed by atoms with E-state index in [0.29, 0.717) is 24.3 Å². The van der Waals surface area contributed by atoms with E-state index in [-0.39, 0.29) is 5.92 Å². The molecule has 0 bridgehead atoms. The van der Waals surface area contributed by atoms with Gasteiger partial charge in [0.1, 0.15) is 5.52 Å². The zero-order chi connectivity index (χ0) is 21.9. The molecule has 1 saturated heterocycles. The third-order valence-corrected chi connectivity index (χ3v) is 7.15. The molecular weight excluding hydrogens is 402 g/mol. The maximum absolute atomic E-state index is 9.29. The monoisotopic (exact) mass is 435 g/mol. The number of pyridine rings is 2. The zero-order valence-corrected chi connectivity index (χ0v) is 19.0. The minimum atomic E-state index is 0.150. The number of aryl methyl sites for hydroxylation is 1. The molecule has 2 aliphatic carbocycles. The first kappa shape index (κ1) is 21.3. The van der Waals surface area contributed by atoms with Crippen molar-refractivity contribution in [2.45, 2.75) is 63.8 Å². The average Bonchev–Trinajstić information content (AvgIpc) is 3.58. The van der Waals surface area contributed by atoms with Crippen molar-refractivity contribution in [3.8, 4) is 17.7 Å². The highest BCUT2D eigenvalue weighted by Gasteiger charge is 2.28. The Bertz CT molecular complexity index is 1010. The molecule has 2 aromatic heterocycles. The molecule has 0 aromatic carbocycles. The normalized spacial score (nSPS) is 22.8. The van der Waals surface area contributed by atoms with Crippen molar-refractivity contribution in [2.24, 2.45) is 5.92 Å². The van der Waals surface area contributed by atoms with E-state index in [2.05, 4.69) is 16.3 Å². The number of nitrogens with zero attached hydrogens (tertiary/aromatic N) is 4. The lowest BCUT2D eigenvalue weighted by atomic mass is 10.1. The Balaban J connectivity index is 1.39. The maximum Gasteiger partial charge on any atom is 0.257 e. The van der Waals surface area contributed by atoms with E-state index in [1.54, 1.807) is 7.11 Å². The molecule has 0 spiro atoms. The summed E-state index contributed by atoms with van der Waals surface area (Å²) in [6, 6.07) is 4.73. The van der Waals surface area contributed by atoms with Gasteiger partial charge in [-0.05, 0) is 76.4 Å². The van der Waals surface area contributed by atoms with Crippen molar-refractivity contribution in [1.29, 1.82) is 5.26 Å². The summed E-state index contributed by atoms with van der Waals surface area (Å²) < 4.78 is 11.7. The van der Waals surface area contributed by atoms with Gasteiger partial charge in [-0.25, -0.2) is 4.98 Å². The smallest absolute Gasteiger partial charge is 0.257 e. The van der Waals surface area contributed by atoms with Crippen LogP contribution < -0.4 is 14.8 Å². The van der Waals surface area contributed by atoms with Crippen LogP contribution in [0.25, 0.3) is 11.0 Å².